The molecule has 0 spiro atoms. The van der Waals surface area contributed by atoms with Gasteiger partial charge in [-0.05, 0) is 13.8 Å². The summed E-state index contributed by atoms with van der Waals surface area (Å²) in [5.74, 6) is 0.822. The van der Waals surface area contributed by atoms with Gasteiger partial charge in [-0.25, -0.2) is 4.99 Å². The summed E-state index contributed by atoms with van der Waals surface area (Å²) in [7, 11) is 1.22. The molecule has 0 saturated carbocycles. The third kappa shape index (κ3) is 5.79. The second kappa shape index (κ2) is 4.76. The van der Waals surface area contributed by atoms with Crippen LogP contribution in [-0.2, 0) is 0 Å². The summed E-state index contributed by atoms with van der Waals surface area (Å²) < 4.78 is 2.85. The largest absolute Gasteiger partial charge is 0.309 e. The second-order valence-electron chi connectivity index (χ2n) is 1.63. The fraction of sp³-hybridized carbons (Fsp3) is 0.400. The molecule has 52 valence electrons. The van der Waals surface area contributed by atoms with Gasteiger partial charge in [0, 0.05) is 16.7 Å². The van der Waals surface area contributed by atoms with Gasteiger partial charge in [0.2, 0.25) is 0 Å². The van der Waals surface area contributed by atoms with Crippen LogP contribution in [0.25, 0.3) is 0 Å². The number of thiol groups is 1. The molecule has 0 aromatic carbocycles. The first-order chi connectivity index (χ1) is 4.16. The summed E-state index contributed by atoms with van der Waals surface area (Å²) in [6, 6.07) is 0. The van der Waals surface area contributed by atoms with Gasteiger partial charge in [0.1, 0.15) is 5.84 Å². The van der Waals surface area contributed by atoms with Gasteiger partial charge in [-0.2, -0.15) is 0 Å². The van der Waals surface area contributed by atoms with Crippen molar-refractivity contribution in [1.82, 2.24) is 4.72 Å². The molecule has 0 saturated heterocycles. The van der Waals surface area contributed by atoms with Crippen LogP contribution in [0.5, 0.6) is 0 Å². The number of nitrogens with one attached hydrogen (secondary N) is 1. The molecule has 2 nitrogen and oxygen atoms in total. The first-order valence-corrected chi connectivity index (χ1v) is 4.31. The molecule has 0 amide bonds. The summed E-state index contributed by atoms with van der Waals surface area (Å²) in [6.07, 6.45) is 0. The number of rotatable bonds is 2. The highest BCUT2D eigenvalue weighted by molar-refractivity contribution is 8.68. The van der Waals surface area contributed by atoms with E-state index in [9.17, 15) is 0 Å². The first-order valence-electron chi connectivity index (χ1n) is 2.44. The lowest BCUT2D eigenvalue weighted by Crippen LogP contribution is -2.08. The molecule has 0 aliphatic heterocycles. The van der Waals surface area contributed by atoms with Gasteiger partial charge < -0.3 is 4.72 Å². The van der Waals surface area contributed by atoms with Gasteiger partial charge in [-0.15, -0.1) is 0 Å². The van der Waals surface area contributed by atoms with Crippen molar-refractivity contribution in [1.29, 1.82) is 0 Å². The number of nitrogens with zero attached hydrogens (tertiary/aromatic N) is 1. The van der Waals surface area contributed by atoms with Gasteiger partial charge in [0.05, 0.1) is 0 Å². The number of hydrogen-bond donors (Lipinski definition) is 2. The van der Waals surface area contributed by atoms with Gasteiger partial charge in [0.15, 0.2) is 0 Å². The number of amidine groups is 1. The summed E-state index contributed by atoms with van der Waals surface area (Å²) in [5.41, 5.74) is 0.794. The summed E-state index contributed by atoms with van der Waals surface area (Å²) in [4.78, 5) is 4.01. The van der Waals surface area contributed by atoms with E-state index in [1.165, 1.54) is 11.0 Å². The van der Waals surface area contributed by atoms with E-state index in [4.69, 9.17) is 0 Å². The van der Waals surface area contributed by atoms with Crippen LogP contribution in [0, 0.1) is 0 Å². The highest BCUT2D eigenvalue weighted by Crippen LogP contribution is 1.98. The molecular weight excluding hydrogens is 152 g/mol. The van der Waals surface area contributed by atoms with Crippen molar-refractivity contribution in [2.45, 2.75) is 13.8 Å². The van der Waals surface area contributed by atoms with Crippen LogP contribution < -0.4 is 4.72 Å². The third-order valence-electron chi connectivity index (χ3n) is 0.552. The Bertz CT molecular complexity index is 131. The van der Waals surface area contributed by atoms with E-state index in [1.807, 2.05) is 13.8 Å². The maximum Gasteiger partial charge on any atom is 0.109 e. The lowest BCUT2D eigenvalue weighted by Gasteiger charge is -1.97. The molecule has 0 atom stereocenters. The monoisotopic (exact) mass is 162 g/mol. The van der Waals surface area contributed by atoms with Crippen LogP contribution in [0.1, 0.15) is 13.8 Å². The molecule has 0 radical (unpaired) electrons. The predicted molar refractivity (Wildman–Crippen MR) is 47.6 cm³/mol. The summed E-state index contributed by atoms with van der Waals surface area (Å²) in [6.45, 7) is 7.32. The molecule has 0 bridgehead atoms. The van der Waals surface area contributed by atoms with Crippen molar-refractivity contribution < 1.29 is 0 Å². The average molecular weight is 162 g/mol. The topological polar surface area (TPSA) is 24.4 Å². The standard InChI is InChI=1S/C5H10N2S2/c1-4(2)6-5(3)7-9-8/h8H,1H2,2-3H3,(H,6,7). The molecule has 0 unspecified atom stereocenters. The van der Waals surface area contributed by atoms with Crippen LogP contribution in [0.15, 0.2) is 17.3 Å². The van der Waals surface area contributed by atoms with Crippen molar-refractivity contribution in [3.05, 3.63) is 12.3 Å². The lowest BCUT2D eigenvalue weighted by atomic mass is 10.6. The highest BCUT2D eigenvalue weighted by atomic mass is 33.1. The van der Waals surface area contributed by atoms with Crippen molar-refractivity contribution in [3.63, 3.8) is 0 Å². The molecule has 4 heteroatoms. The Morgan fingerprint density at radius 2 is 2.22 bits per heavy atom. The Labute approximate surface area is 64.8 Å². The number of allylic oxidation sites excluding steroid dienone is 1. The summed E-state index contributed by atoms with van der Waals surface area (Å²) in [5, 5.41) is 0. The van der Waals surface area contributed by atoms with E-state index in [2.05, 4.69) is 28.0 Å². The van der Waals surface area contributed by atoms with Crippen molar-refractivity contribution >= 4 is 28.5 Å². The molecular formula is C5H10N2S2. The molecule has 1 N–H and O–H groups in total. The normalized spacial score (nSPS) is 11.2. The van der Waals surface area contributed by atoms with Crippen molar-refractivity contribution in [3.8, 4) is 0 Å². The zero-order valence-corrected chi connectivity index (χ0v) is 7.22. The minimum Gasteiger partial charge on any atom is -0.309 e. The number of aliphatic imine (C=N–C) groups is 1. The van der Waals surface area contributed by atoms with Crippen molar-refractivity contribution in [2.24, 2.45) is 4.99 Å². The van der Waals surface area contributed by atoms with Crippen LogP contribution in [0.2, 0.25) is 0 Å². The zero-order chi connectivity index (χ0) is 7.28. The molecule has 0 fully saturated rings. The Morgan fingerprint density at radius 3 is 2.56 bits per heavy atom. The van der Waals surface area contributed by atoms with Gasteiger partial charge in [-0.3, -0.25) is 0 Å². The SMILES string of the molecule is C=C(C)N=C(C)NSS. The number of hydrogen-bond acceptors (Lipinski definition) is 3. The van der Waals surface area contributed by atoms with Crippen LogP contribution >= 0.6 is 22.6 Å². The van der Waals surface area contributed by atoms with Crippen LogP contribution in [0.4, 0.5) is 0 Å². The van der Waals surface area contributed by atoms with Gasteiger partial charge in [-0.1, -0.05) is 18.2 Å². The Balaban J connectivity index is 3.69. The van der Waals surface area contributed by atoms with Gasteiger partial charge in [0.25, 0.3) is 0 Å². The fourth-order valence-corrected chi connectivity index (χ4v) is 0.949. The van der Waals surface area contributed by atoms with E-state index < -0.39 is 0 Å². The minimum atomic E-state index is 0.794. The maximum absolute atomic E-state index is 4.01. The van der Waals surface area contributed by atoms with E-state index in [1.54, 1.807) is 0 Å². The van der Waals surface area contributed by atoms with E-state index in [0.29, 0.717) is 0 Å². The van der Waals surface area contributed by atoms with E-state index in [0.717, 1.165) is 11.5 Å². The summed E-state index contributed by atoms with van der Waals surface area (Å²) >= 11 is 3.88. The molecule has 0 aromatic rings. The molecule has 0 aromatic heterocycles. The first kappa shape index (κ1) is 8.91. The Morgan fingerprint density at radius 1 is 1.67 bits per heavy atom. The average Bonchev–Trinajstić information content (AvgIpc) is 1.63. The smallest absolute Gasteiger partial charge is 0.109 e. The molecule has 9 heavy (non-hydrogen) atoms. The van der Waals surface area contributed by atoms with Crippen LogP contribution in [-0.4, -0.2) is 5.84 Å². The second-order valence-corrected chi connectivity index (χ2v) is 2.56. The van der Waals surface area contributed by atoms with E-state index >= 15 is 0 Å². The van der Waals surface area contributed by atoms with Crippen LogP contribution in [0.3, 0.4) is 0 Å². The predicted octanol–water partition coefficient (Wildman–Crippen LogP) is 2.02. The van der Waals surface area contributed by atoms with E-state index in [-0.39, 0.29) is 0 Å². The zero-order valence-electron chi connectivity index (χ0n) is 5.51. The van der Waals surface area contributed by atoms with Gasteiger partial charge >= 0.3 is 0 Å². The quantitative estimate of drug-likeness (QED) is 0.213. The molecule has 0 aliphatic rings. The molecule has 0 aliphatic carbocycles. The Hall–Kier alpha value is -0.0900. The molecule has 0 heterocycles. The highest BCUT2D eigenvalue weighted by Gasteiger charge is 1.84. The van der Waals surface area contributed by atoms with Crippen molar-refractivity contribution in [2.75, 3.05) is 0 Å². The lowest BCUT2D eigenvalue weighted by molar-refractivity contribution is 1.28. The Kier molecular flexibility index (Phi) is 4.71. The molecule has 0 rings (SSSR count). The third-order valence-corrected chi connectivity index (χ3v) is 1.21. The minimum absolute atomic E-state index is 0.794. The maximum atomic E-state index is 4.01. The fourth-order valence-electron chi connectivity index (χ4n) is 0.375.